The molecule has 1 aliphatic rings. The predicted molar refractivity (Wildman–Crippen MR) is 142 cm³/mol. The second kappa shape index (κ2) is 15.0. The molecule has 0 radical (unpaired) electrons. The van der Waals surface area contributed by atoms with Gasteiger partial charge in [-0.25, -0.2) is 8.78 Å². The molecule has 0 aromatic heterocycles. The van der Waals surface area contributed by atoms with Gasteiger partial charge in [0.15, 0.2) is 0 Å². The summed E-state index contributed by atoms with van der Waals surface area (Å²) in [7, 11) is -4.67. The minimum Gasteiger partial charge on any atom is -0.367 e. The molecule has 1 aliphatic heterocycles. The number of hydrogen-bond donors (Lipinski definition) is 2. The van der Waals surface area contributed by atoms with E-state index in [1.165, 1.54) is 36.2 Å². The van der Waals surface area contributed by atoms with Gasteiger partial charge in [0.2, 0.25) is 0 Å². The molecule has 1 heterocycles. The quantitative estimate of drug-likeness (QED) is 0.356. The topological polar surface area (TPSA) is 90.3 Å². The van der Waals surface area contributed by atoms with Gasteiger partial charge in [-0.3, -0.25) is 14.0 Å². The van der Waals surface area contributed by atoms with E-state index in [2.05, 4.69) is 40.1 Å². The van der Waals surface area contributed by atoms with Crippen molar-refractivity contribution in [3.05, 3.63) is 107 Å². The van der Waals surface area contributed by atoms with E-state index in [9.17, 15) is 8.78 Å². The van der Waals surface area contributed by atoms with Crippen LogP contribution in [0, 0.1) is 11.6 Å². The molecule has 38 heavy (non-hydrogen) atoms. The summed E-state index contributed by atoms with van der Waals surface area (Å²) in [5.74, 6) is -0.559. The molecular weight excluding hydrogens is 514 g/mol. The summed E-state index contributed by atoms with van der Waals surface area (Å²) in [5, 5.41) is 0. The molecule has 4 rings (SSSR count). The van der Waals surface area contributed by atoms with Crippen molar-refractivity contribution >= 4 is 10.4 Å². The number of benzene rings is 3. The molecule has 2 N–H and O–H groups in total. The van der Waals surface area contributed by atoms with Gasteiger partial charge < -0.3 is 9.64 Å². The minimum absolute atomic E-state index is 0.279. The maximum Gasteiger partial charge on any atom is 0.394 e. The Kier molecular flexibility index (Phi) is 11.8. The number of ether oxygens (including phenoxy) is 1. The summed E-state index contributed by atoms with van der Waals surface area (Å²) in [6.07, 6.45) is 1.97. The summed E-state index contributed by atoms with van der Waals surface area (Å²) >= 11 is 0. The van der Waals surface area contributed by atoms with E-state index in [0.29, 0.717) is 6.61 Å². The summed E-state index contributed by atoms with van der Waals surface area (Å²) in [6, 6.07) is 23.3. The Balaban J connectivity index is 0.000000732. The van der Waals surface area contributed by atoms with Crippen LogP contribution in [0.15, 0.2) is 78.9 Å². The Hall–Kier alpha value is -2.73. The van der Waals surface area contributed by atoms with Gasteiger partial charge in [0.1, 0.15) is 17.7 Å². The first kappa shape index (κ1) is 29.8. The first-order chi connectivity index (χ1) is 18.2. The fraction of sp³-hybridized carbons (Fsp3) is 0.357. The molecular formula is C28H34F2N2O5S. The van der Waals surface area contributed by atoms with Gasteiger partial charge in [-0.15, -0.1) is 0 Å². The summed E-state index contributed by atoms with van der Waals surface area (Å²) in [4.78, 5) is 4.97. The molecule has 0 aliphatic carbocycles. The normalized spacial score (nSPS) is 14.8. The van der Waals surface area contributed by atoms with Crippen molar-refractivity contribution in [1.82, 2.24) is 9.80 Å². The van der Waals surface area contributed by atoms with Gasteiger partial charge in [-0.2, -0.15) is 8.42 Å². The van der Waals surface area contributed by atoms with Crippen LogP contribution in [0.4, 0.5) is 8.78 Å². The lowest BCUT2D eigenvalue weighted by Crippen LogP contribution is -2.47. The molecule has 0 bridgehead atoms. The minimum atomic E-state index is -4.67. The Morgan fingerprint density at radius 2 is 1.18 bits per heavy atom. The summed E-state index contributed by atoms with van der Waals surface area (Å²) in [6.45, 7) is 6.77. The number of halogens is 2. The van der Waals surface area contributed by atoms with E-state index < -0.39 is 10.4 Å². The lowest BCUT2D eigenvalue weighted by Gasteiger charge is -2.35. The Morgan fingerprint density at radius 1 is 0.737 bits per heavy atom. The highest BCUT2D eigenvalue weighted by atomic mass is 32.3. The van der Waals surface area contributed by atoms with Crippen LogP contribution >= 0.6 is 0 Å². The number of piperazine rings is 1. The van der Waals surface area contributed by atoms with Gasteiger partial charge >= 0.3 is 10.4 Å². The zero-order chi connectivity index (χ0) is 27.4. The van der Waals surface area contributed by atoms with Crippen molar-refractivity contribution in [2.24, 2.45) is 0 Å². The highest BCUT2D eigenvalue weighted by Crippen LogP contribution is 2.26. The summed E-state index contributed by atoms with van der Waals surface area (Å²) < 4.78 is 64.6. The molecule has 3 aromatic rings. The standard InChI is InChI=1S/C28H32F2N2O.H2O4S/c29-26-12-8-24(9-13-26)28(25-10-14-27(30)15-11-25)33-22-21-32-19-17-31(18-20-32)16-4-7-23-5-2-1-3-6-23;1-5(2,3)4/h1-3,5-6,8-15,28H,4,7,16-22H2;(H2,1,2,3,4). The van der Waals surface area contributed by atoms with Crippen LogP contribution in [0.2, 0.25) is 0 Å². The van der Waals surface area contributed by atoms with Gasteiger partial charge in [0, 0.05) is 32.7 Å². The zero-order valence-corrected chi connectivity index (χ0v) is 21.9. The van der Waals surface area contributed by atoms with Crippen molar-refractivity contribution in [2.45, 2.75) is 18.9 Å². The van der Waals surface area contributed by atoms with Crippen LogP contribution in [0.3, 0.4) is 0 Å². The fourth-order valence-corrected chi connectivity index (χ4v) is 4.35. The summed E-state index contributed by atoms with van der Waals surface area (Å²) in [5.41, 5.74) is 3.14. The third-order valence-electron chi connectivity index (χ3n) is 6.29. The molecule has 1 fully saturated rings. The van der Waals surface area contributed by atoms with E-state index in [-0.39, 0.29) is 17.7 Å². The van der Waals surface area contributed by atoms with E-state index >= 15 is 0 Å². The van der Waals surface area contributed by atoms with Crippen LogP contribution in [0.25, 0.3) is 0 Å². The van der Waals surface area contributed by atoms with Crippen molar-refractivity contribution in [3.63, 3.8) is 0 Å². The second-order valence-corrected chi connectivity index (χ2v) is 9.97. The van der Waals surface area contributed by atoms with Crippen LogP contribution in [0.1, 0.15) is 29.2 Å². The molecule has 0 unspecified atom stereocenters. The van der Waals surface area contributed by atoms with E-state index in [1.54, 1.807) is 24.3 Å². The third-order valence-corrected chi connectivity index (χ3v) is 6.29. The molecule has 3 aromatic carbocycles. The van der Waals surface area contributed by atoms with Gasteiger partial charge in [-0.1, -0.05) is 54.6 Å². The highest BCUT2D eigenvalue weighted by molar-refractivity contribution is 7.79. The first-order valence-electron chi connectivity index (χ1n) is 12.5. The maximum atomic E-state index is 13.4. The molecule has 0 saturated carbocycles. The predicted octanol–water partition coefficient (Wildman–Crippen LogP) is 4.67. The van der Waals surface area contributed by atoms with Gasteiger partial charge in [-0.05, 0) is 60.3 Å². The van der Waals surface area contributed by atoms with Gasteiger partial charge in [0.25, 0.3) is 0 Å². The molecule has 10 heteroatoms. The monoisotopic (exact) mass is 548 g/mol. The van der Waals surface area contributed by atoms with E-state index in [4.69, 9.17) is 22.3 Å². The lowest BCUT2D eigenvalue weighted by atomic mass is 10.0. The number of rotatable bonds is 10. The molecule has 0 atom stereocenters. The average molecular weight is 549 g/mol. The van der Waals surface area contributed by atoms with Crippen molar-refractivity contribution in [2.75, 3.05) is 45.9 Å². The Labute approximate surface area is 223 Å². The largest absolute Gasteiger partial charge is 0.394 e. The van der Waals surface area contributed by atoms with Crippen LogP contribution in [0.5, 0.6) is 0 Å². The smallest absolute Gasteiger partial charge is 0.367 e. The average Bonchev–Trinajstić information content (AvgIpc) is 2.89. The van der Waals surface area contributed by atoms with Crippen LogP contribution in [-0.4, -0.2) is 73.2 Å². The molecule has 7 nitrogen and oxygen atoms in total. The third kappa shape index (κ3) is 11.3. The fourth-order valence-electron chi connectivity index (χ4n) is 4.35. The number of aryl methyl sites for hydroxylation is 1. The van der Waals surface area contributed by atoms with Crippen LogP contribution < -0.4 is 0 Å². The van der Waals surface area contributed by atoms with E-state index in [0.717, 1.165) is 56.8 Å². The second-order valence-electron chi connectivity index (χ2n) is 9.07. The molecule has 1 saturated heterocycles. The lowest BCUT2D eigenvalue weighted by molar-refractivity contribution is 0.0451. The van der Waals surface area contributed by atoms with Crippen molar-refractivity contribution < 1.29 is 31.0 Å². The highest BCUT2D eigenvalue weighted by Gasteiger charge is 2.19. The molecule has 206 valence electrons. The zero-order valence-electron chi connectivity index (χ0n) is 21.1. The maximum absolute atomic E-state index is 13.4. The van der Waals surface area contributed by atoms with E-state index in [1.807, 2.05) is 0 Å². The SMILES string of the molecule is Fc1ccc(C(OCCN2CCN(CCCc3ccccc3)CC2)c2ccc(F)cc2)cc1.O=S(=O)(O)O. The Morgan fingerprint density at radius 3 is 1.66 bits per heavy atom. The molecule has 0 spiro atoms. The number of nitrogens with zero attached hydrogens (tertiary/aromatic N) is 2. The van der Waals surface area contributed by atoms with Crippen LogP contribution in [-0.2, 0) is 21.6 Å². The Bertz CT molecular complexity index is 1130. The van der Waals surface area contributed by atoms with Gasteiger partial charge in [0.05, 0.1) is 6.61 Å². The molecule has 0 amide bonds. The van der Waals surface area contributed by atoms with Crippen molar-refractivity contribution in [3.8, 4) is 0 Å². The van der Waals surface area contributed by atoms with Crippen molar-refractivity contribution in [1.29, 1.82) is 0 Å². The first-order valence-corrected chi connectivity index (χ1v) is 13.9. The number of hydrogen-bond acceptors (Lipinski definition) is 5.